The van der Waals surface area contributed by atoms with E-state index in [0.717, 1.165) is 16.7 Å². The number of carbonyl (C=O) groups is 1. The maximum atomic E-state index is 12.8. The van der Waals surface area contributed by atoms with Gasteiger partial charge in [-0.2, -0.15) is 0 Å². The smallest absolute Gasteiger partial charge is 0.337 e. The van der Waals surface area contributed by atoms with Gasteiger partial charge in [-0.05, 0) is 49.6 Å². The van der Waals surface area contributed by atoms with E-state index in [-0.39, 0.29) is 16.5 Å². The van der Waals surface area contributed by atoms with Gasteiger partial charge in [-0.25, -0.2) is 17.9 Å². The Morgan fingerprint density at radius 1 is 1.16 bits per heavy atom. The zero-order chi connectivity index (χ0) is 18.6. The molecule has 0 amide bonds. The lowest BCUT2D eigenvalue weighted by Gasteiger charge is -2.20. The van der Waals surface area contributed by atoms with Crippen molar-refractivity contribution in [3.05, 3.63) is 64.7 Å². The summed E-state index contributed by atoms with van der Waals surface area (Å²) in [6.45, 7) is 5.90. The second-order valence-electron chi connectivity index (χ2n) is 5.96. The Hall–Kier alpha value is -2.18. The zero-order valence-corrected chi connectivity index (χ0v) is 15.7. The van der Waals surface area contributed by atoms with E-state index in [0.29, 0.717) is 6.42 Å². The molecule has 0 fully saturated rings. The van der Waals surface area contributed by atoms with Crippen molar-refractivity contribution in [3.8, 4) is 0 Å². The van der Waals surface area contributed by atoms with Crippen molar-refractivity contribution < 1.29 is 17.9 Å². The highest BCUT2D eigenvalue weighted by atomic mass is 32.2. The van der Waals surface area contributed by atoms with Gasteiger partial charge in [0.05, 0.1) is 17.6 Å². The van der Waals surface area contributed by atoms with Gasteiger partial charge in [-0.3, -0.25) is 0 Å². The lowest BCUT2D eigenvalue weighted by molar-refractivity contribution is 0.0600. The van der Waals surface area contributed by atoms with Gasteiger partial charge in [-0.15, -0.1) is 0 Å². The Bertz CT molecular complexity index is 875. The molecule has 2 aromatic rings. The summed E-state index contributed by atoms with van der Waals surface area (Å²) in [6, 6.07) is 11.4. The summed E-state index contributed by atoms with van der Waals surface area (Å²) in [5, 5.41) is 0. The number of sulfonamides is 1. The van der Waals surface area contributed by atoms with Crippen molar-refractivity contribution >= 4 is 16.0 Å². The van der Waals surface area contributed by atoms with Gasteiger partial charge >= 0.3 is 5.97 Å². The number of hydrogen-bond acceptors (Lipinski definition) is 4. The normalized spacial score (nSPS) is 12.6. The van der Waals surface area contributed by atoms with Gasteiger partial charge in [0, 0.05) is 6.04 Å². The number of benzene rings is 2. The average Bonchev–Trinajstić information content (AvgIpc) is 2.59. The Morgan fingerprint density at radius 3 is 2.48 bits per heavy atom. The molecule has 0 aromatic heterocycles. The summed E-state index contributed by atoms with van der Waals surface area (Å²) < 4.78 is 32.9. The number of methoxy groups -OCH3 is 1. The molecular weight excluding hydrogens is 338 g/mol. The molecule has 0 aliphatic heterocycles. The highest BCUT2D eigenvalue weighted by Crippen LogP contribution is 2.24. The molecule has 0 radical (unpaired) electrons. The van der Waals surface area contributed by atoms with Crippen LogP contribution in [0.15, 0.2) is 47.4 Å². The third kappa shape index (κ3) is 4.46. The molecule has 6 heteroatoms. The summed E-state index contributed by atoms with van der Waals surface area (Å²) in [5.41, 5.74) is 3.31. The van der Waals surface area contributed by atoms with Crippen molar-refractivity contribution in [2.24, 2.45) is 0 Å². The number of esters is 1. The maximum Gasteiger partial charge on any atom is 0.337 e. The molecule has 0 saturated heterocycles. The first kappa shape index (κ1) is 19.1. The largest absolute Gasteiger partial charge is 0.465 e. The van der Waals surface area contributed by atoms with E-state index in [1.165, 1.54) is 31.4 Å². The van der Waals surface area contributed by atoms with Crippen LogP contribution in [0.5, 0.6) is 0 Å². The van der Waals surface area contributed by atoms with Gasteiger partial charge in [0.15, 0.2) is 0 Å². The minimum absolute atomic E-state index is 0.0404. The van der Waals surface area contributed by atoms with Crippen LogP contribution in [0.3, 0.4) is 0 Å². The fourth-order valence-corrected chi connectivity index (χ4v) is 4.09. The third-order valence-corrected chi connectivity index (χ3v) is 5.54. The molecule has 2 rings (SSSR count). The molecule has 0 bridgehead atoms. The van der Waals surface area contributed by atoms with E-state index in [4.69, 9.17) is 0 Å². The number of ether oxygens (including phenoxy) is 1. The Morgan fingerprint density at radius 2 is 1.88 bits per heavy atom. The van der Waals surface area contributed by atoms with Crippen molar-refractivity contribution in [3.63, 3.8) is 0 Å². The number of rotatable bonds is 6. The first-order chi connectivity index (χ1) is 11.8. The van der Waals surface area contributed by atoms with Crippen LogP contribution in [-0.2, 0) is 14.8 Å². The van der Waals surface area contributed by atoms with E-state index in [1.54, 1.807) is 0 Å². The maximum absolute atomic E-state index is 12.8. The molecule has 2 aromatic carbocycles. The summed E-state index contributed by atoms with van der Waals surface area (Å²) in [5.74, 6) is -0.571. The van der Waals surface area contributed by atoms with Gasteiger partial charge < -0.3 is 4.74 Å². The van der Waals surface area contributed by atoms with Crippen molar-refractivity contribution in [2.45, 2.75) is 38.1 Å². The van der Waals surface area contributed by atoms with Gasteiger partial charge in [0.25, 0.3) is 0 Å². The summed E-state index contributed by atoms with van der Waals surface area (Å²) in [7, 11) is -2.51. The molecule has 0 aliphatic rings. The predicted octanol–water partition coefficient (Wildman–Crippen LogP) is 3.52. The standard InChI is InChI=1S/C19H23NO4S/c1-5-18(17-10-9-13(2)11-14(17)3)20-25(22,23)16-8-6-7-15(12-16)19(21)24-4/h6-12,18,20H,5H2,1-4H3. The Kier molecular flexibility index (Phi) is 5.98. The molecule has 1 atom stereocenters. The molecule has 0 aliphatic carbocycles. The van der Waals surface area contributed by atoms with Crippen LogP contribution in [0, 0.1) is 13.8 Å². The fourth-order valence-electron chi connectivity index (χ4n) is 2.75. The average molecular weight is 361 g/mol. The fraction of sp³-hybridized carbons (Fsp3) is 0.316. The van der Waals surface area contributed by atoms with E-state index in [9.17, 15) is 13.2 Å². The predicted molar refractivity (Wildman–Crippen MR) is 97.1 cm³/mol. The molecule has 0 saturated carbocycles. The number of aryl methyl sites for hydroxylation is 2. The van der Waals surface area contributed by atoms with E-state index in [1.807, 2.05) is 39.0 Å². The van der Waals surface area contributed by atoms with E-state index < -0.39 is 16.0 Å². The van der Waals surface area contributed by atoms with Crippen LogP contribution < -0.4 is 4.72 Å². The monoisotopic (exact) mass is 361 g/mol. The Labute approximate surface area is 149 Å². The van der Waals surface area contributed by atoms with Crippen molar-refractivity contribution in [2.75, 3.05) is 7.11 Å². The zero-order valence-electron chi connectivity index (χ0n) is 14.9. The number of nitrogens with one attached hydrogen (secondary N) is 1. The molecular formula is C19H23NO4S. The quantitative estimate of drug-likeness (QED) is 0.799. The van der Waals surface area contributed by atoms with Gasteiger partial charge in [0.2, 0.25) is 10.0 Å². The second kappa shape index (κ2) is 7.80. The number of hydrogen-bond donors (Lipinski definition) is 1. The SMILES string of the molecule is CCC(NS(=O)(=O)c1cccc(C(=O)OC)c1)c1ccc(C)cc1C. The highest BCUT2D eigenvalue weighted by molar-refractivity contribution is 7.89. The summed E-state index contributed by atoms with van der Waals surface area (Å²) in [4.78, 5) is 11.7. The van der Waals surface area contributed by atoms with Crippen LogP contribution in [0.25, 0.3) is 0 Å². The van der Waals surface area contributed by atoms with Crippen LogP contribution >= 0.6 is 0 Å². The summed E-state index contributed by atoms with van der Waals surface area (Å²) in [6.07, 6.45) is 0.611. The molecule has 25 heavy (non-hydrogen) atoms. The van der Waals surface area contributed by atoms with E-state index >= 15 is 0 Å². The van der Waals surface area contributed by atoms with Crippen LogP contribution in [0.1, 0.15) is 46.4 Å². The Balaban J connectivity index is 2.34. The molecule has 1 unspecified atom stereocenters. The van der Waals surface area contributed by atoms with E-state index in [2.05, 4.69) is 9.46 Å². The first-order valence-corrected chi connectivity index (χ1v) is 9.54. The molecule has 5 nitrogen and oxygen atoms in total. The molecule has 0 spiro atoms. The lowest BCUT2D eigenvalue weighted by Crippen LogP contribution is -2.29. The molecule has 1 N–H and O–H groups in total. The summed E-state index contributed by atoms with van der Waals surface area (Å²) >= 11 is 0. The minimum atomic E-state index is -3.77. The third-order valence-electron chi connectivity index (χ3n) is 4.07. The highest BCUT2D eigenvalue weighted by Gasteiger charge is 2.22. The molecule has 0 heterocycles. The minimum Gasteiger partial charge on any atom is -0.465 e. The van der Waals surface area contributed by atoms with Crippen molar-refractivity contribution in [1.29, 1.82) is 0 Å². The van der Waals surface area contributed by atoms with Crippen LogP contribution in [-0.4, -0.2) is 21.5 Å². The first-order valence-electron chi connectivity index (χ1n) is 8.06. The topological polar surface area (TPSA) is 72.5 Å². The van der Waals surface area contributed by atoms with Crippen LogP contribution in [0.2, 0.25) is 0 Å². The molecule has 134 valence electrons. The van der Waals surface area contributed by atoms with Gasteiger partial charge in [-0.1, -0.05) is 36.8 Å². The van der Waals surface area contributed by atoms with Crippen molar-refractivity contribution in [1.82, 2.24) is 4.72 Å². The van der Waals surface area contributed by atoms with Crippen LogP contribution in [0.4, 0.5) is 0 Å². The van der Waals surface area contributed by atoms with Gasteiger partial charge in [0.1, 0.15) is 0 Å². The lowest BCUT2D eigenvalue weighted by atomic mass is 9.98. The number of carbonyl (C=O) groups excluding carboxylic acids is 1. The second-order valence-corrected chi connectivity index (χ2v) is 7.68.